The summed E-state index contributed by atoms with van der Waals surface area (Å²) in [6.45, 7) is 1.04. The van der Waals surface area contributed by atoms with E-state index in [1.165, 1.54) is 0 Å². The summed E-state index contributed by atoms with van der Waals surface area (Å²) in [7, 11) is 1.64. The predicted molar refractivity (Wildman–Crippen MR) is 67.0 cm³/mol. The molecule has 0 N–H and O–H groups in total. The molecule has 0 unspecified atom stereocenters. The van der Waals surface area contributed by atoms with Gasteiger partial charge in [0.2, 0.25) is 0 Å². The molecule has 0 aliphatic heterocycles. The third kappa shape index (κ3) is 2.55. The van der Waals surface area contributed by atoms with Gasteiger partial charge >= 0.3 is 0 Å². The van der Waals surface area contributed by atoms with Crippen molar-refractivity contribution in [2.75, 3.05) is 20.3 Å². The predicted octanol–water partition coefficient (Wildman–Crippen LogP) is 2.24. The number of para-hydroxylation sites is 1. The van der Waals surface area contributed by atoms with Crippen LogP contribution in [0, 0.1) is 12.3 Å². The molecule has 3 heteroatoms. The topological polar surface area (TPSA) is 31.4 Å². The molecule has 3 nitrogen and oxygen atoms in total. The fourth-order valence-corrected chi connectivity index (χ4v) is 1.55. The van der Waals surface area contributed by atoms with Crippen molar-refractivity contribution in [2.45, 2.75) is 0 Å². The Morgan fingerprint density at radius 1 is 1.24 bits per heavy atom. The SMILES string of the molecule is C#Cc1ccc2cccc(OCCOC)c2n1. The van der Waals surface area contributed by atoms with Crippen LogP contribution in [0.25, 0.3) is 10.9 Å². The maximum atomic E-state index is 5.60. The third-order valence-electron chi connectivity index (χ3n) is 2.38. The molecule has 0 amide bonds. The van der Waals surface area contributed by atoms with Crippen LogP contribution in [0.2, 0.25) is 0 Å². The first-order valence-electron chi connectivity index (χ1n) is 5.33. The Balaban J connectivity index is 2.37. The van der Waals surface area contributed by atoms with E-state index in [4.69, 9.17) is 15.9 Å². The highest BCUT2D eigenvalue weighted by atomic mass is 16.5. The van der Waals surface area contributed by atoms with Gasteiger partial charge in [-0.15, -0.1) is 6.42 Å². The fourth-order valence-electron chi connectivity index (χ4n) is 1.55. The molecule has 86 valence electrons. The zero-order valence-corrected chi connectivity index (χ0v) is 9.64. The van der Waals surface area contributed by atoms with Gasteiger partial charge in [0, 0.05) is 12.5 Å². The van der Waals surface area contributed by atoms with Crippen LogP contribution in [0.1, 0.15) is 5.69 Å². The molecular weight excluding hydrogens is 214 g/mol. The molecule has 1 aromatic heterocycles. The highest BCUT2D eigenvalue weighted by Gasteiger charge is 2.03. The van der Waals surface area contributed by atoms with E-state index in [0.29, 0.717) is 18.9 Å². The van der Waals surface area contributed by atoms with E-state index in [1.54, 1.807) is 7.11 Å². The van der Waals surface area contributed by atoms with E-state index in [1.807, 2.05) is 30.3 Å². The Bertz CT molecular complexity index is 558. The molecule has 0 spiro atoms. The lowest BCUT2D eigenvalue weighted by molar-refractivity contribution is 0.147. The fraction of sp³-hybridized carbons (Fsp3) is 0.214. The van der Waals surface area contributed by atoms with Gasteiger partial charge in [-0.25, -0.2) is 4.98 Å². The van der Waals surface area contributed by atoms with Gasteiger partial charge in [-0.1, -0.05) is 18.1 Å². The molecule has 1 aromatic carbocycles. The molecule has 0 aliphatic carbocycles. The largest absolute Gasteiger partial charge is 0.489 e. The number of ether oxygens (including phenoxy) is 2. The van der Waals surface area contributed by atoms with Gasteiger partial charge in [0.25, 0.3) is 0 Å². The smallest absolute Gasteiger partial charge is 0.145 e. The van der Waals surface area contributed by atoms with Crippen LogP contribution in [0.3, 0.4) is 0 Å². The quantitative estimate of drug-likeness (QED) is 0.593. The van der Waals surface area contributed by atoms with Crippen LogP contribution < -0.4 is 4.74 Å². The van der Waals surface area contributed by atoms with Gasteiger partial charge in [0.05, 0.1) is 6.61 Å². The molecule has 17 heavy (non-hydrogen) atoms. The summed E-state index contributed by atoms with van der Waals surface area (Å²) in [6.07, 6.45) is 5.34. The highest BCUT2D eigenvalue weighted by molar-refractivity contribution is 5.84. The number of rotatable bonds is 4. The van der Waals surface area contributed by atoms with E-state index in [2.05, 4.69) is 10.9 Å². The summed E-state index contributed by atoms with van der Waals surface area (Å²) in [6, 6.07) is 9.56. The van der Waals surface area contributed by atoms with Crippen molar-refractivity contribution >= 4 is 10.9 Å². The lowest BCUT2D eigenvalue weighted by atomic mass is 10.2. The number of fused-ring (bicyclic) bond motifs is 1. The van der Waals surface area contributed by atoms with E-state index in [-0.39, 0.29) is 0 Å². The van der Waals surface area contributed by atoms with Gasteiger partial charge in [-0.2, -0.15) is 0 Å². The molecular formula is C14H13NO2. The van der Waals surface area contributed by atoms with Crippen molar-refractivity contribution in [1.29, 1.82) is 0 Å². The molecule has 2 aromatic rings. The maximum absolute atomic E-state index is 5.60. The summed E-state index contributed by atoms with van der Waals surface area (Å²) < 4.78 is 10.5. The normalized spacial score (nSPS) is 10.1. The van der Waals surface area contributed by atoms with Crippen LogP contribution in [0.5, 0.6) is 5.75 Å². The van der Waals surface area contributed by atoms with Gasteiger partial charge in [-0.05, 0) is 18.2 Å². The van der Waals surface area contributed by atoms with Crippen molar-refractivity contribution < 1.29 is 9.47 Å². The summed E-state index contributed by atoms with van der Waals surface area (Å²) in [4.78, 5) is 4.37. The standard InChI is InChI=1S/C14H13NO2/c1-3-12-8-7-11-5-4-6-13(14(11)15-12)17-10-9-16-2/h1,4-8H,9-10H2,2H3. The van der Waals surface area contributed by atoms with Gasteiger partial charge in [0.1, 0.15) is 23.6 Å². The van der Waals surface area contributed by atoms with Crippen molar-refractivity contribution in [3.8, 4) is 18.1 Å². The second-order valence-electron chi connectivity index (χ2n) is 3.51. The number of methoxy groups -OCH3 is 1. The van der Waals surface area contributed by atoms with Crippen molar-refractivity contribution in [1.82, 2.24) is 4.98 Å². The minimum Gasteiger partial charge on any atom is -0.489 e. The third-order valence-corrected chi connectivity index (χ3v) is 2.38. The Kier molecular flexibility index (Phi) is 3.59. The molecule has 1 heterocycles. The Morgan fingerprint density at radius 3 is 2.88 bits per heavy atom. The molecule has 0 bridgehead atoms. The average Bonchev–Trinajstić information content (AvgIpc) is 2.39. The summed E-state index contributed by atoms with van der Waals surface area (Å²) in [5.74, 6) is 3.26. The van der Waals surface area contributed by atoms with Crippen molar-refractivity contribution in [3.05, 3.63) is 36.0 Å². The monoisotopic (exact) mass is 227 g/mol. The first-order valence-corrected chi connectivity index (χ1v) is 5.33. The Labute approximate surface area is 100 Å². The lowest BCUT2D eigenvalue weighted by Crippen LogP contribution is -2.04. The maximum Gasteiger partial charge on any atom is 0.145 e. The number of nitrogens with zero attached hydrogens (tertiary/aromatic N) is 1. The van der Waals surface area contributed by atoms with E-state index < -0.39 is 0 Å². The van der Waals surface area contributed by atoms with Gasteiger partial charge < -0.3 is 9.47 Å². The number of benzene rings is 1. The number of hydrogen-bond donors (Lipinski definition) is 0. The number of pyridine rings is 1. The first kappa shape index (κ1) is 11.4. The molecule has 0 aliphatic rings. The number of terminal acetylenes is 1. The van der Waals surface area contributed by atoms with Crippen LogP contribution in [0.15, 0.2) is 30.3 Å². The van der Waals surface area contributed by atoms with Crippen LogP contribution in [-0.2, 0) is 4.74 Å². The minimum absolute atomic E-state index is 0.498. The average molecular weight is 227 g/mol. The lowest BCUT2D eigenvalue weighted by Gasteiger charge is -2.08. The van der Waals surface area contributed by atoms with E-state index in [9.17, 15) is 0 Å². The van der Waals surface area contributed by atoms with Gasteiger partial charge in [-0.3, -0.25) is 0 Å². The summed E-state index contributed by atoms with van der Waals surface area (Å²) in [5.41, 5.74) is 1.40. The highest BCUT2D eigenvalue weighted by Crippen LogP contribution is 2.23. The zero-order valence-electron chi connectivity index (χ0n) is 9.64. The summed E-state index contributed by atoms with van der Waals surface area (Å²) >= 11 is 0. The summed E-state index contributed by atoms with van der Waals surface area (Å²) in [5, 5.41) is 1.01. The second kappa shape index (κ2) is 5.33. The molecule has 0 saturated carbocycles. The van der Waals surface area contributed by atoms with E-state index in [0.717, 1.165) is 16.7 Å². The molecule has 0 atom stereocenters. The zero-order chi connectivity index (χ0) is 12.1. The van der Waals surface area contributed by atoms with E-state index >= 15 is 0 Å². The number of aromatic nitrogens is 1. The number of hydrogen-bond acceptors (Lipinski definition) is 3. The van der Waals surface area contributed by atoms with Crippen LogP contribution >= 0.6 is 0 Å². The molecule has 0 saturated heterocycles. The molecule has 0 radical (unpaired) electrons. The van der Waals surface area contributed by atoms with Gasteiger partial charge in [0.15, 0.2) is 0 Å². The Hall–Kier alpha value is -2.05. The Morgan fingerprint density at radius 2 is 2.12 bits per heavy atom. The van der Waals surface area contributed by atoms with Crippen LogP contribution in [-0.4, -0.2) is 25.3 Å². The van der Waals surface area contributed by atoms with Crippen molar-refractivity contribution in [3.63, 3.8) is 0 Å². The molecule has 2 rings (SSSR count). The van der Waals surface area contributed by atoms with Crippen LogP contribution in [0.4, 0.5) is 0 Å². The second-order valence-corrected chi connectivity index (χ2v) is 3.51. The molecule has 0 fully saturated rings. The minimum atomic E-state index is 0.498. The van der Waals surface area contributed by atoms with Crippen molar-refractivity contribution in [2.24, 2.45) is 0 Å². The first-order chi connectivity index (χ1) is 8.35.